The quantitative estimate of drug-likeness (QED) is 0.870. The Bertz CT molecular complexity index is 599. The van der Waals surface area contributed by atoms with Gasteiger partial charge in [0.25, 0.3) is 5.91 Å². The number of fused-ring (bicyclic) bond motifs is 1. The first-order valence-corrected chi connectivity index (χ1v) is 6.56. The average Bonchev–Trinajstić information content (AvgIpc) is 2.41. The molecule has 0 atom stereocenters. The molecular weight excluding hydrogens is 301 g/mol. The van der Waals surface area contributed by atoms with E-state index in [0.717, 1.165) is 0 Å². The second kappa shape index (κ2) is 5.51. The Morgan fingerprint density at radius 2 is 1.95 bits per heavy atom. The summed E-state index contributed by atoms with van der Waals surface area (Å²) < 4.78 is 40.4. The number of anilines is 2. The highest BCUT2D eigenvalue weighted by Gasteiger charge is 2.42. The van der Waals surface area contributed by atoms with Gasteiger partial charge in [0.1, 0.15) is 12.1 Å². The molecule has 22 heavy (non-hydrogen) atoms. The third-order valence-corrected chi connectivity index (χ3v) is 3.20. The van der Waals surface area contributed by atoms with Crippen molar-refractivity contribution in [3.05, 3.63) is 24.3 Å². The van der Waals surface area contributed by atoms with E-state index in [-0.39, 0.29) is 12.5 Å². The van der Waals surface area contributed by atoms with Crippen LogP contribution >= 0.6 is 0 Å². The van der Waals surface area contributed by atoms with Crippen LogP contribution in [0.1, 0.15) is 13.8 Å². The van der Waals surface area contributed by atoms with Gasteiger partial charge in [-0.3, -0.25) is 4.79 Å². The maximum Gasteiger partial charge on any atom is 0.490 e. The molecule has 8 heteroatoms. The number of benzene rings is 1. The van der Waals surface area contributed by atoms with Crippen molar-refractivity contribution in [3.8, 4) is 0 Å². The van der Waals surface area contributed by atoms with E-state index in [1.807, 2.05) is 0 Å². The Balaban J connectivity index is 2.12. The molecule has 1 heterocycles. The van der Waals surface area contributed by atoms with Gasteiger partial charge in [-0.1, -0.05) is 12.1 Å². The summed E-state index contributed by atoms with van der Waals surface area (Å²) in [5.41, 5.74) is 0.326. The monoisotopic (exact) mass is 316 g/mol. The maximum absolute atomic E-state index is 12.4. The molecule has 2 rings (SSSR count). The second-order valence-corrected chi connectivity index (χ2v) is 5.36. The number of alkyl halides is 3. The van der Waals surface area contributed by atoms with Crippen molar-refractivity contribution in [2.45, 2.75) is 25.6 Å². The summed E-state index contributed by atoms with van der Waals surface area (Å²) in [4.78, 5) is 24.4. The number of esters is 1. The van der Waals surface area contributed by atoms with Crippen molar-refractivity contribution in [2.24, 2.45) is 0 Å². The first kappa shape index (κ1) is 16.1. The number of amides is 1. The second-order valence-electron chi connectivity index (χ2n) is 5.36. The molecule has 0 radical (unpaired) electrons. The smallest absolute Gasteiger partial charge is 0.457 e. The number of rotatable bonds is 3. The van der Waals surface area contributed by atoms with Crippen LogP contribution in [0.4, 0.5) is 24.5 Å². The van der Waals surface area contributed by atoms with Gasteiger partial charge in [0.15, 0.2) is 0 Å². The SMILES string of the molecule is CC1(C)Nc2ccccc2N(CCOC(=O)C(F)(F)F)C1=O. The van der Waals surface area contributed by atoms with Crippen molar-refractivity contribution in [2.75, 3.05) is 23.4 Å². The third kappa shape index (κ3) is 3.15. The zero-order valence-electron chi connectivity index (χ0n) is 12.0. The van der Waals surface area contributed by atoms with Gasteiger partial charge in [-0.25, -0.2) is 4.79 Å². The number of carbonyl (C=O) groups excluding carboxylic acids is 2. The molecule has 0 spiro atoms. The zero-order chi connectivity index (χ0) is 16.5. The van der Waals surface area contributed by atoms with E-state index in [2.05, 4.69) is 10.1 Å². The zero-order valence-corrected chi connectivity index (χ0v) is 12.0. The molecular formula is C14H15F3N2O3. The lowest BCUT2D eigenvalue weighted by atomic mass is 9.98. The fourth-order valence-corrected chi connectivity index (χ4v) is 2.19. The highest BCUT2D eigenvalue weighted by Crippen LogP contribution is 2.34. The summed E-state index contributed by atoms with van der Waals surface area (Å²) in [7, 11) is 0. The Morgan fingerprint density at radius 3 is 2.59 bits per heavy atom. The van der Waals surface area contributed by atoms with E-state index >= 15 is 0 Å². The van der Waals surface area contributed by atoms with Crippen LogP contribution < -0.4 is 10.2 Å². The Kier molecular flexibility index (Phi) is 4.04. The number of hydrogen-bond donors (Lipinski definition) is 1. The number of para-hydroxylation sites is 2. The van der Waals surface area contributed by atoms with E-state index in [4.69, 9.17) is 0 Å². The van der Waals surface area contributed by atoms with Crippen molar-refractivity contribution in [1.29, 1.82) is 0 Å². The molecule has 0 aromatic heterocycles. The topological polar surface area (TPSA) is 58.6 Å². The van der Waals surface area contributed by atoms with Crippen LogP contribution in [-0.4, -0.2) is 36.7 Å². The first-order chi connectivity index (χ1) is 10.1. The molecule has 1 aliphatic heterocycles. The summed E-state index contributed by atoms with van der Waals surface area (Å²) >= 11 is 0. The van der Waals surface area contributed by atoms with Crippen molar-refractivity contribution >= 4 is 23.3 Å². The predicted molar refractivity (Wildman–Crippen MR) is 73.5 cm³/mol. The van der Waals surface area contributed by atoms with Crippen LogP contribution in [0, 0.1) is 0 Å². The van der Waals surface area contributed by atoms with E-state index in [1.165, 1.54) is 4.90 Å². The highest BCUT2D eigenvalue weighted by molar-refractivity contribution is 6.07. The molecule has 1 amide bonds. The molecule has 1 aromatic carbocycles. The lowest BCUT2D eigenvalue weighted by Crippen LogP contribution is -2.54. The molecule has 0 fully saturated rings. The summed E-state index contributed by atoms with van der Waals surface area (Å²) in [6.45, 7) is 2.65. The Labute approximate surface area is 125 Å². The standard InChI is InChI=1S/C14H15F3N2O3/c1-13(2)11(20)19(7-8-22-12(21)14(15,16)17)10-6-4-3-5-9(10)18-13/h3-6,18H,7-8H2,1-2H3. The van der Waals surface area contributed by atoms with Gasteiger partial charge in [0.05, 0.1) is 17.9 Å². The molecule has 5 nitrogen and oxygen atoms in total. The number of nitrogens with zero attached hydrogens (tertiary/aromatic N) is 1. The fourth-order valence-electron chi connectivity index (χ4n) is 2.19. The molecule has 0 saturated heterocycles. The van der Waals surface area contributed by atoms with Gasteiger partial charge >= 0.3 is 12.1 Å². The lowest BCUT2D eigenvalue weighted by Gasteiger charge is -2.39. The van der Waals surface area contributed by atoms with Crippen LogP contribution in [0.15, 0.2) is 24.3 Å². The summed E-state index contributed by atoms with van der Waals surface area (Å²) in [5.74, 6) is -2.57. The third-order valence-electron chi connectivity index (χ3n) is 3.20. The Morgan fingerprint density at radius 1 is 1.32 bits per heavy atom. The van der Waals surface area contributed by atoms with Gasteiger partial charge in [0.2, 0.25) is 0 Å². The van der Waals surface area contributed by atoms with Crippen LogP contribution in [0.25, 0.3) is 0 Å². The van der Waals surface area contributed by atoms with E-state index in [0.29, 0.717) is 11.4 Å². The predicted octanol–water partition coefficient (Wildman–Crippen LogP) is 2.33. The maximum atomic E-state index is 12.4. The molecule has 1 N–H and O–H groups in total. The highest BCUT2D eigenvalue weighted by atomic mass is 19.4. The Hall–Kier alpha value is -2.25. The minimum atomic E-state index is -5.04. The molecule has 120 valence electrons. The molecule has 1 aliphatic rings. The molecule has 1 aromatic rings. The number of nitrogens with one attached hydrogen (secondary N) is 1. The van der Waals surface area contributed by atoms with E-state index < -0.39 is 24.3 Å². The molecule has 0 aliphatic carbocycles. The number of hydrogen-bond acceptors (Lipinski definition) is 4. The summed E-state index contributed by atoms with van der Waals surface area (Å²) in [5, 5.41) is 3.06. The van der Waals surface area contributed by atoms with E-state index in [9.17, 15) is 22.8 Å². The largest absolute Gasteiger partial charge is 0.490 e. The fraction of sp³-hybridized carbons (Fsp3) is 0.429. The van der Waals surface area contributed by atoms with Crippen LogP contribution in [0.3, 0.4) is 0 Å². The molecule has 0 unspecified atom stereocenters. The number of halogens is 3. The van der Waals surface area contributed by atoms with Crippen molar-refractivity contribution in [3.63, 3.8) is 0 Å². The van der Waals surface area contributed by atoms with Crippen molar-refractivity contribution in [1.82, 2.24) is 0 Å². The minimum Gasteiger partial charge on any atom is -0.457 e. The first-order valence-electron chi connectivity index (χ1n) is 6.56. The summed E-state index contributed by atoms with van der Waals surface area (Å²) in [6, 6.07) is 6.92. The van der Waals surface area contributed by atoms with Crippen LogP contribution in [0.2, 0.25) is 0 Å². The van der Waals surface area contributed by atoms with Crippen LogP contribution in [0.5, 0.6) is 0 Å². The molecule has 0 bridgehead atoms. The van der Waals surface area contributed by atoms with Gasteiger partial charge in [-0.05, 0) is 26.0 Å². The van der Waals surface area contributed by atoms with Gasteiger partial charge in [-0.2, -0.15) is 13.2 Å². The average molecular weight is 316 g/mol. The number of ether oxygens (including phenoxy) is 1. The van der Waals surface area contributed by atoms with Gasteiger partial charge < -0.3 is 15.0 Å². The van der Waals surface area contributed by atoms with Gasteiger partial charge in [0, 0.05) is 0 Å². The van der Waals surface area contributed by atoms with Gasteiger partial charge in [-0.15, -0.1) is 0 Å². The van der Waals surface area contributed by atoms with Crippen molar-refractivity contribution < 1.29 is 27.5 Å². The summed E-state index contributed by atoms with van der Waals surface area (Å²) in [6.07, 6.45) is -5.04. The number of carbonyl (C=O) groups is 2. The normalized spacial score (nSPS) is 16.8. The van der Waals surface area contributed by atoms with E-state index in [1.54, 1.807) is 38.1 Å². The lowest BCUT2D eigenvalue weighted by molar-refractivity contribution is -0.199. The minimum absolute atomic E-state index is 0.150. The van der Waals surface area contributed by atoms with Crippen LogP contribution in [-0.2, 0) is 14.3 Å². The molecule has 0 saturated carbocycles.